The molecule has 0 aromatic carbocycles. The van der Waals surface area contributed by atoms with Gasteiger partial charge < -0.3 is 0 Å². The standard InChI is InChI=1S/C17H20N2OS/c1-4-6-14-18-16-15(17(20)19(14)9-5-2)12-8-7-11(3)10-13(12)21-16/h2,11H,4,6-10H2,1,3H3. The van der Waals surface area contributed by atoms with Crippen molar-refractivity contribution < 1.29 is 0 Å². The lowest BCUT2D eigenvalue weighted by Crippen LogP contribution is -2.25. The van der Waals surface area contributed by atoms with Crippen LogP contribution in [0.2, 0.25) is 0 Å². The van der Waals surface area contributed by atoms with Crippen molar-refractivity contribution in [3.8, 4) is 12.3 Å². The van der Waals surface area contributed by atoms with Gasteiger partial charge in [0.2, 0.25) is 0 Å². The minimum Gasteiger partial charge on any atom is -0.284 e. The molecule has 2 heterocycles. The molecule has 3 rings (SSSR count). The Bertz CT molecular complexity index is 779. The third-order valence-corrected chi connectivity index (χ3v) is 5.37. The number of rotatable bonds is 3. The fourth-order valence-electron chi connectivity index (χ4n) is 3.13. The summed E-state index contributed by atoms with van der Waals surface area (Å²) in [6.07, 6.45) is 10.4. The van der Waals surface area contributed by atoms with Gasteiger partial charge in [0, 0.05) is 11.3 Å². The molecule has 1 atom stereocenters. The minimum atomic E-state index is 0.0634. The van der Waals surface area contributed by atoms with E-state index in [0.717, 1.165) is 48.1 Å². The molecule has 110 valence electrons. The van der Waals surface area contributed by atoms with Crippen LogP contribution < -0.4 is 5.56 Å². The molecule has 4 heteroatoms. The molecule has 0 spiro atoms. The Morgan fingerprint density at radius 2 is 2.33 bits per heavy atom. The summed E-state index contributed by atoms with van der Waals surface area (Å²) in [5, 5.41) is 0.831. The second kappa shape index (κ2) is 5.65. The smallest absolute Gasteiger partial charge is 0.263 e. The predicted molar refractivity (Wildman–Crippen MR) is 87.9 cm³/mol. The summed E-state index contributed by atoms with van der Waals surface area (Å²) >= 11 is 1.71. The first-order valence-corrected chi connectivity index (χ1v) is 8.44. The van der Waals surface area contributed by atoms with Crippen molar-refractivity contribution in [2.24, 2.45) is 5.92 Å². The van der Waals surface area contributed by atoms with Gasteiger partial charge in [0.25, 0.3) is 5.56 Å². The van der Waals surface area contributed by atoms with E-state index in [1.807, 2.05) is 0 Å². The molecule has 0 saturated heterocycles. The fraction of sp³-hybridized carbons (Fsp3) is 0.529. The number of aromatic nitrogens is 2. The molecular weight excluding hydrogens is 280 g/mol. The van der Waals surface area contributed by atoms with E-state index in [-0.39, 0.29) is 5.56 Å². The van der Waals surface area contributed by atoms with Gasteiger partial charge in [-0.15, -0.1) is 17.8 Å². The average molecular weight is 300 g/mol. The number of nitrogens with zero attached hydrogens (tertiary/aromatic N) is 2. The Morgan fingerprint density at radius 1 is 1.52 bits per heavy atom. The molecule has 0 N–H and O–H groups in total. The van der Waals surface area contributed by atoms with E-state index in [4.69, 9.17) is 11.4 Å². The van der Waals surface area contributed by atoms with E-state index in [1.165, 1.54) is 10.4 Å². The first-order valence-electron chi connectivity index (χ1n) is 7.63. The molecule has 0 amide bonds. The largest absolute Gasteiger partial charge is 0.284 e. The van der Waals surface area contributed by atoms with Gasteiger partial charge in [0.05, 0.1) is 11.9 Å². The van der Waals surface area contributed by atoms with E-state index in [2.05, 4.69) is 19.8 Å². The van der Waals surface area contributed by atoms with Gasteiger partial charge >= 0.3 is 0 Å². The van der Waals surface area contributed by atoms with Crippen molar-refractivity contribution in [1.82, 2.24) is 9.55 Å². The maximum absolute atomic E-state index is 12.9. The van der Waals surface area contributed by atoms with Crippen LogP contribution in [0, 0.1) is 18.3 Å². The number of hydrogen-bond acceptors (Lipinski definition) is 3. The van der Waals surface area contributed by atoms with Crippen LogP contribution in [0.1, 0.15) is 43.0 Å². The quantitative estimate of drug-likeness (QED) is 0.816. The molecule has 1 aliphatic carbocycles. The monoisotopic (exact) mass is 300 g/mol. The fourth-order valence-corrected chi connectivity index (χ4v) is 4.53. The average Bonchev–Trinajstić information content (AvgIpc) is 2.80. The van der Waals surface area contributed by atoms with Crippen molar-refractivity contribution in [2.75, 3.05) is 0 Å². The van der Waals surface area contributed by atoms with Crippen molar-refractivity contribution in [3.63, 3.8) is 0 Å². The molecule has 1 unspecified atom stereocenters. The zero-order valence-corrected chi connectivity index (χ0v) is 13.4. The van der Waals surface area contributed by atoms with Crippen LogP contribution in [0.5, 0.6) is 0 Å². The summed E-state index contributed by atoms with van der Waals surface area (Å²) in [6, 6.07) is 0. The van der Waals surface area contributed by atoms with Gasteiger partial charge in [-0.3, -0.25) is 9.36 Å². The van der Waals surface area contributed by atoms with Crippen LogP contribution in [-0.2, 0) is 25.8 Å². The van der Waals surface area contributed by atoms with E-state index in [9.17, 15) is 4.79 Å². The van der Waals surface area contributed by atoms with Crippen LogP contribution in [0.4, 0.5) is 0 Å². The summed E-state index contributed by atoms with van der Waals surface area (Å²) in [5.74, 6) is 4.13. The number of fused-ring (bicyclic) bond motifs is 3. The van der Waals surface area contributed by atoms with Crippen LogP contribution in [0.15, 0.2) is 4.79 Å². The predicted octanol–water partition coefficient (Wildman–Crippen LogP) is 3.17. The molecular formula is C17H20N2OS. The lowest BCUT2D eigenvalue weighted by molar-refractivity contribution is 0.509. The second-order valence-electron chi connectivity index (χ2n) is 5.91. The molecule has 2 aromatic rings. The van der Waals surface area contributed by atoms with Gasteiger partial charge in [-0.05, 0) is 37.2 Å². The van der Waals surface area contributed by atoms with E-state index in [1.54, 1.807) is 15.9 Å². The van der Waals surface area contributed by atoms with Crippen LogP contribution >= 0.6 is 11.3 Å². The zero-order chi connectivity index (χ0) is 15.0. The highest BCUT2D eigenvalue weighted by molar-refractivity contribution is 7.18. The van der Waals surface area contributed by atoms with Crippen molar-refractivity contribution in [1.29, 1.82) is 0 Å². The SMILES string of the molecule is C#CCn1c(CCC)nc2sc3c(c2c1=O)CCC(C)C3. The number of hydrogen-bond donors (Lipinski definition) is 0. The lowest BCUT2D eigenvalue weighted by atomic mass is 9.89. The first-order chi connectivity index (χ1) is 10.2. The second-order valence-corrected chi connectivity index (χ2v) is 6.99. The molecule has 0 saturated carbocycles. The Balaban J connectivity index is 2.26. The highest BCUT2D eigenvalue weighted by Crippen LogP contribution is 2.35. The lowest BCUT2D eigenvalue weighted by Gasteiger charge is -2.17. The van der Waals surface area contributed by atoms with Gasteiger partial charge in [-0.2, -0.15) is 0 Å². The third kappa shape index (κ3) is 2.40. The van der Waals surface area contributed by atoms with E-state index >= 15 is 0 Å². The molecule has 0 aliphatic heterocycles. The highest BCUT2D eigenvalue weighted by Gasteiger charge is 2.24. The Labute approximate surface area is 129 Å². The molecule has 0 fully saturated rings. The number of thiophene rings is 1. The van der Waals surface area contributed by atoms with E-state index < -0.39 is 0 Å². The number of aryl methyl sites for hydroxylation is 2. The molecule has 2 aromatic heterocycles. The Morgan fingerprint density at radius 3 is 3.05 bits per heavy atom. The highest BCUT2D eigenvalue weighted by atomic mass is 32.1. The van der Waals surface area contributed by atoms with Crippen LogP contribution in [0.25, 0.3) is 10.2 Å². The summed E-state index contributed by atoms with van der Waals surface area (Å²) in [4.78, 5) is 19.9. The maximum atomic E-state index is 12.9. The summed E-state index contributed by atoms with van der Waals surface area (Å²) in [5.41, 5.74) is 1.30. The first kappa shape index (κ1) is 14.3. The molecule has 3 nitrogen and oxygen atoms in total. The van der Waals surface area contributed by atoms with Crippen molar-refractivity contribution in [2.45, 2.75) is 52.5 Å². The van der Waals surface area contributed by atoms with Crippen LogP contribution in [0.3, 0.4) is 0 Å². The Kier molecular flexibility index (Phi) is 3.86. The third-order valence-electron chi connectivity index (χ3n) is 4.22. The topological polar surface area (TPSA) is 34.9 Å². The zero-order valence-electron chi connectivity index (χ0n) is 12.6. The molecule has 21 heavy (non-hydrogen) atoms. The molecule has 0 bridgehead atoms. The van der Waals surface area contributed by atoms with Crippen molar-refractivity contribution >= 4 is 21.6 Å². The summed E-state index contributed by atoms with van der Waals surface area (Å²) in [7, 11) is 0. The number of terminal acetylenes is 1. The van der Waals surface area contributed by atoms with Gasteiger partial charge in [0.15, 0.2) is 0 Å². The minimum absolute atomic E-state index is 0.0634. The van der Waals surface area contributed by atoms with Gasteiger partial charge in [0.1, 0.15) is 10.7 Å². The molecule has 0 radical (unpaired) electrons. The Hall–Kier alpha value is -1.60. The van der Waals surface area contributed by atoms with E-state index in [0.29, 0.717) is 12.5 Å². The van der Waals surface area contributed by atoms with Crippen LogP contribution in [-0.4, -0.2) is 9.55 Å². The van der Waals surface area contributed by atoms with Crippen molar-refractivity contribution in [3.05, 3.63) is 26.6 Å². The normalized spacial score (nSPS) is 17.7. The summed E-state index contributed by atoms with van der Waals surface area (Å²) in [6.45, 7) is 4.69. The van der Waals surface area contributed by atoms with Gasteiger partial charge in [-0.25, -0.2) is 4.98 Å². The summed E-state index contributed by atoms with van der Waals surface area (Å²) < 4.78 is 1.69. The van der Waals surface area contributed by atoms with Gasteiger partial charge in [-0.1, -0.05) is 19.8 Å². The molecule has 1 aliphatic rings. The maximum Gasteiger partial charge on any atom is 0.263 e.